The molecule has 0 radical (unpaired) electrons. The number of hydroxylamine groups is 2. The number of para-hydroxylation sites is 1. The van der Waals surface area contributed by atoms with Crippen LogP contribution in [0.5, 0.6) is 0 Å². The second-order valence-electron chi connectivity index (χ2n) is 17.6. The number of fused-ring (bicyclic) bond motifs is 4. The first-order valence-electron chi connectivity index (χ1n) is 20.2. The standard InChI is InChI=1S/C45H56N6O7/c1-44(2,3)56-35-26-51-37(38(35)57-45(4,5)6)36-39(58-51)43(55)47-25-30(21-27-15-9-7-10-16-27)48-40(52)33(22-28-17-11-8-12-18-28)49-41(53)34(50-42(36)54)23-29-24-46-32-20-14-13-19-31(29)32/h7-20,24,30,33-39,46H,21-23,25-26H2,1-6H3,(H,47,55)(H,48,52)(H,49,53)(H,50,54)/t30-,33-,34-,35-,36+,37-,38-,39-/m0/s1. The fourth-order valence-electron chi connectivity index (χ4n) is 8.32. The molecule has 1 aromatic heterocycles. The predicted molar refractivity (Wildman–Crippen MR) is 219 cm³/mol. The lowest BCUT2D eigenvalue weighted by Crippen LogP contribution is -2.60. The largest absolute Gasteiger partial charge is 0.368 e. The molecule has 308 valence electrons. The maximum Gasteiger partial charge on any atom is 0.252 e. The Hall–Kier alpha value is -5.08. The van der Waals surface area contributed by atoms with E-state index in [4.69, 9.17) is 14.3 Å². The number of aromatic amines is 1. The molecule has 0 saturated carbocycles. The van der Waals surface area contributed by atoms with Gasteiger partial charge in [-0.05, 0) is 70.7 Å². The average Bonchev–Trinajstić information content (AvgIpc) is 3.84. The number of nitrogens with one attached hydrogen (secondary N) is 5. The summed E-state index contributed by atoms with van der Waals surface area (Å²) in [6.45, 7) is 12.0. The number of carbonyl (C=O) groups excluding carboxylic acids is 4. The molecule has 4 amide bonds. The minimum atomic E-state index is -1.26. The minimum Gasteiger partial charge on any atom is -0.368 e. The van der Waals surface area contributed by atoms with Gasteiger partial charge < -0.3 is 35.7 Å². The Morgan fingerprint density at radius 2 is 1.26 bits per heavy atom. The summed E-state index contributed by atoms with van der Waals surface area (Å²) >= 11 is 0. The van der Waals surface area contributed by atoms with Gasteiger partial charge in [0, 0.05) is 36.5 Å². The lowest BCUT2D eigenvalue weighted by atomic mass is 9.88. The van der Waals surface area contributed by atoms with Crippen molar-refractivity contribution in [3.63, 3.8) is 0 Å². The van der Waals surface area contributed by atoms with Gasteiger partial charge in [-0.2, -0.15) is 5.06 Å². The second-order valence-corrected chi connectivity index (χ2v) is 17.6. The molecule has 3 aromatic carbocycles. The van der Waals surface area contributed by atoms with Gasteiger partial charge in [-0.3, -0.25) is 24.0 Å². The molecule has 0 bridgehead atoms. The zero-order chi connectivity index (χ0) is 41.2. The number of hydrogen-bond acceptors (Lipinski definition) is 8. The minimum absolute atomic E-state index is 0.0468. The molecule has 3 aliphatic rings. The number of H-pyrrole nitrogens is 1. The van der Waals surface area contributed by atoms with E-state index in [1.807, 2.05) is 133 Å². The van der Waals surface area contributed by atoms with Gasteiger partial charge >= 0.3 is 0 Å². The van der Waals surface area contributed by atoms with Crippen LogP contribution in [0.2, 0.25) is 0 Å². The third-order valence-electron chi connectivity index (χ3n) is 10.7. The molecule has 5 N–H and O–H groups in total. The molecule has 13 heteroatoms. The number of rotatable bonds is 8. The van der Waals surface area contributed by atoms with Crippen molar-refractivity contribution in [1.29, 1.82) is 0 Å². The first-order chi connectivity index (χ1) is 27.6. The van der Waals surface area contributed by atoms with Crippen LogP contribution in [0.25, 0.3) is 10.9 Å². The Morgan fingerprint density at radius 3 is 1.93 bits per heavy atom. The molecule has 3 aliphatic heterocycles. The van der Waals surface area contributed by atoms with Crippen molar-refractivity contribution in [2.75, 3.05) is 13.1 Å². The number of aromatic nitrogens is 1. The first-order valence-corrected chi connectivity index (χ1v) is 20.2. The van der Waals surface area contributed by atoms with Crippen LogP contribution >= 0.6 is 0 Å². The average molecular weight is 793 g/mol. The van der Waals surface area contributed by atoms with Crippen molar-refractivity contribution in [2.24, 2.45) is 5.92 Å². The summed E-state index contributed by atoms with van der Waals surface area (Å²) < 4.78 is 13.2. The van der Waals surface area contributed by atoms with Gasteiger partial charge in [0.25, 0.3) is 5.91 Å². The van der Waals surface area contributed by atoms with Gasteiger partial charge in [-0.25, -0.2) is 0 Å². The molecule has 4 aromatic rings. The highest BCUT2D eigenvalue weighted by molar-refractivity contribution is 5.96. The fraction of sp³-hybridized carbons (Fsp3) is 0.467. The summed E-state index contributed by atoms with van der Waals surface area (Å²) in [6.07, 6.45) is 0.135. The van der Waals surface area contributed by atoms with Crippen LogP contribution in [0.1, 0.15) is 58.2 Å². The zero-order valence-electron chi connectivity index (χ0n) is 34.1. The van der Waals surface area contributed by atoms with Crippen molar-refractivity contribution >= 4 is 34.5 Å². The molecule has 4 heterocycles. The van der Waals surface area contributed by atoms with Gasteiger partial charge in [0.15, 0.2) is 6.10 Å². The lowest BCUT2D eigenvalue weighted by molar-refractivity contribution is -0.174. The van der Waals surface area contributed by atoms with Crippen molar-refractivity contribution in [3.8, 4) is 0 Å². The molecule has 0 aliphatic carbocycles. The third-order valence-corrected chi connectivity index (χ3v) is 10.7. The summed E-state index contributed by atoms with van der Waals surface area (Å²) in [5.41, 5.74) is 2.31. The van der Waals surface area contributed by atoms with E-state index in [2.05, 4.69) is 26.3 Å². The van der Waals surface area contributed by atoms with Crippen molar-refractivity contribution in [1.82, 2.24) is 31.3 Å². The normalized spacial score (nSPS) is 27.6. The van der Waals surface area contributed by atoms with E-state index in [-0.39, 0.29) is 25.9 Å². The summed E-state index contributed by atoms with van der Waals surface area (Å²) in [5, 5.41) is 14.8. The Morgan fingerprint density at radius 1 is 0.672 bits per heavy atom. The van der Waals surface area contributed by atoms with Crippen LogP contribution in [-0.4, -0.2) is 100 Å². The van der Waals surface area contributed by atoms with Crippen LogP contribution < -0.4 is 21.3 Å². The summed E-state index contributed by atoms with van der Waals surface area (Å²) in [5.74, 6) is -3.10. The highest BCUT2D eigenvalue weighted by atomic mass is 16.7. The molecule has 8 atom stereocenters. The molecule has 58 heavy (non-hydrogen) atoms. The van der Waals surface area contributed by atoms with Crippen LogP contribution in [0.15, 0.2) is 91.1 Å². The molecule has 0 unspecified atom stereocenters. The van der Waals surface area contributed by atoms with Crippen LogP contribution in [0.4, 0.5) is 0 Å². The van der Waals surface area contributed by atoms with E-state index >= 15 is 0 Å². The summed E-state index contributed by atoms with van der Waals surface area (Å²) in [4.78, 5) is 68.0. The summed E-state index contributed by atoms with van der Waals surface area (Å²) in [6, 6.07) is 23.4. The van der Waals surface area contributed by atoms with Crippen LogP contribution in [-0.2, 0) is 52.8 Å². The van der Waals surface area contributed by atoms with E-state index < -0.39 is 83.2 Å². The third kappa shape index (κ3) is 9.78. The molecule has 0 spiro atoms. The highest BCUT2D eigenvalue weighted by Crippen LogP contribution is 2.41. The zero-order valence-corrected chi connectivity index (χ0v) is 34.1. The topological polar surface area (TPSA) is 163 Å². The van der Waals surface area contributed by atoms with Crippen molar-refractivity contribution in [2.45, 2.75) is 114 Å². The Kier molecular flexibility index (Phi) is 12.1. The molecule has 3 fully saturated rings. The Labute approximate surface area is 339 Å². The molecule has 7 rings (SSSR count). The SMILES string of the molecule is CC(C)(C)O[C@@H]1[C@@H]2[C@H]3C(=O)N[C@@H](Cc4c[nH]c5ccccc45)C(=O)N[C@@H](Cc4ccccc4)C(=O)N[C@@H](Cc4ccccc4)CNC(=O)[C@H]3ON2C[C@@H]1OC(C)(C)C. The van der Waals surface area contributed by atoms with Crippen molar-refractivity contribution < 1.29 is 33.5 Å². The lowest BCUT2D eigenvalue weighted by Gasteiger charge is -2.36. The van der Waals surface area contributed by atoms with Crippen LogP contribution in [0, 0.1) is 5.92 Å². The van der Waals surface area contributed by atoms with Gasteiger partial charge in [-0.15, -0.1) is 0 Å². The van der Waals surface area contributed by atoms with E-state index in [0.717, 1.165) is 27.6 Å². The number of ether oxygens (including phenoxy) is 2. The number of hydrogen-bond donors (Lipinski definition) is 5. The number of nitrogens with zero attached hydrogens (tertiary/aromatic N) is 1. The molecular formula is C45H56N6O7. The molecule has 3 saturated heterocycles. The molecular weight excluding hydrogens is 737 g/mol. The Balaban J connectivity index is 1.28. The van der Waals surface area contributed by atoms with E-state index in [1.54, 1.807) is 5.06 Å². The smallest absolute Gasteiger partial charge is 0.252 e. The maximum atomic E-state index is 15.0. The number of amides is 4. The number of benzene rings is 3. The highest BCUT2D eigenvalue weighted by Gasteiger charge is 2.61. The fourth-order valence-corrected chi connectivity index (χ4v) is 8.32. The van der Waals surface area contributed by atoms with E-state index in [9.17, 15) is 19.2 Å². The van der Waals surface area contributed by atoms with Gasteiger partial charge in [-0.1, -0.05) is 78.9 Å². The van der Waals surface area contributed by atoms with Gasteiger partial charge in [0.2, 0.25) is 17.7 Å². The maximum absolute atomic E-state index is 15.0. The van der Waals surface area contributed by atoms with E-state index in [1.165, 1.54) is 0 Å². The van der Waals surface area contributed by atoms with E-state index in [0.29, 0.717) is 6.42 Å². The second kappa shape index (κ2) is 17.0. The summed E-state index contributed by atoms with van der Waals surface area (Å²) in [7, 11) is 0. The monoisotopic (exact) mass is 792 g/mol. The quantitative estimate of drug-likeness (QED) is 0.180. The van der Waals surface area contributed by atoms with Crippen molar-refractivity contribution in [3.05, 3.63) is 108 Å². The molecule has 13 nitrogen and oxygen atoms in total. The van der Waals surface area contributed by atoms with Gasteiger partial charge in [0.1, 0.15) is 24.3 Å². The predicted octanol–water partition coefficient (Wildman–Crippen LogP) is 3.76. The number of carbonyl (C=O) groups is 4. The van der Waals surface area contributed by atoms with Gasteiger partial charge in [0.05, 0.1) is 35.7 Å². The van der Waals surface area contributed by atoms with Crippen LogP contribution in [0.3, 0.4) is 0 Å². The first kappa shape index (κ1) is 41.1. The Bertz CT molecular complexity index is 2080.